The third kappa shape index (κ3) is 5.52. The van der Waals surface area contributed by atoms with E-state index in [0.717, 1.165) is 25.8 Å². The van der Waals surface area contributed by atoms with Gasteiger partial charge in [0.15, 0.2) is 0 Å². The molecule has 1 aliphatic carbocycles. The predicted octanol–water partition coefficient (Wildman–Crippen LogP) is 3.19. The van der Waals surface area contributed by atoms with E-state index in [1.807, 2.05) is 11.9 Å². The number of hydrogen-bond acceptors (Lipinski definition) is 2. The Labute approximate surface area is 119 Å². The van der Waals surface area contributed by atoms with Gasteiger partial charge in [-0.2, -0.15) is 0 Å². The minimum absolute atomic E-state index is 0.333. The second-order valence-corrected chi connectivity index (χ2v) is 6.18. The van der Waals surface area contributed by atoms with Crippen LogP contribution in [0, 0.1) is 5.92 Å². The van der Waals surface area contributed by atoms with Gasteiger partial charge in [-0.3, -0.25) is 4.79 Å². The quantitative estimate of drug-likeness (QED) is 0.769. The van der Waals surface area contributed by atoms with Crippen LogP contribution in [-0.2, 0) is 4.79 Å². The number of carbonyl (C=O) groups is 1. The summed E-state index contributed by atoms with van der Waals surface area (Å²) in [5.41, 5.74) is 0. The molecule has 1 rings (SSSR count). The van der Waals surface area contributed by atoms with Crippen molar-refractivity contribution < 1.29 is 4.79 Å². The lowest BCUT2D eigenvalue weighted by molar-refractivity contribution is -0.133. The summed E-state index contributed by atoms with van der Waals surface area (Å²) in [6.45, 7) is 7.65. The molecule has 0 aromatic heterocycles. The number of nitrogens with one attached hydrogen (secondary N) is 1. The lowest BCUT2D eigenvalue weighted by Crippen LogP contribution is -2.43. The number of hydrogen-bond donors (Lipinski definition) is 1. The smallest absolute Gasteiger partial charge is 0.222 e. The molecule has 112 valence electrons. The molecule has 0 aliphatic heterocycles. The van der Waals surface area contributed by atoms with Crippen LogP contribution in [0.15, 0.2) is 0 Å². The summed E-state index contributed by atoms with van der Waals surface area (Å²) in [4.78, 5) is 14.2. The molecule has 0 radical (unpaired) electrons. The van der Waals surface area contributed by atoms with Crippen LogP contribution in [0.3, 0.4) is 0 Å². The standard InChI is InChI=1S/C16H32N2O/c1-5-11-17-14-7-9-15(10-8-14)18(4)16(19)12-13(3)6-2/h13-15,17H,5-12H2,1-4H3. The summed E-state index contributed by atoms with van der Waals surface area (Å²) in [5.74, 6) is 0.844. The van der Waals surface area contributed by atoms with Gasteiger partial charge in [-0.05, 0) is 44.6 Å². The summed E-state index contributed by atoms with van der Waals surface area (Å²) in [6.07, 6.45) is 7.74. The van der Waals surface area contributed by atoms with Crippen molar-refractivity contribution in [3.05, 3.63) is 0 Å². The van der Waals surface area contributed by atoms with Crippen molar-refractivity contribution in [3.8, 4) is 0 Å². The van der Waals surface area contributed by atoms with E-state index in [9.17, 15) is 4.79 Å². The maximum atomic E-state index is 12.2. The van der Waals surface area contributed by atoms with Crippen LogP contribution in [-0.4, -0.2) is 36.5 Å². The molecule has 1 amide bonds. The number of rotatable bonds is 7. The molecule has 3 heteroatoms. The van der Waals surface area contributed by atoms with E-state index in [1.165, 1.54) is 19.3 Å². The van der Waals surface area contributed by atoms with Crippen LogP contribution in [0.2, 0.25) is 0 Å². The van der Waals surface area contributed by atoms with Crippen molar-refractivity contribution in [3.63, 3.8) is 0 Å². The summed E-state index contributed by atoms with van der Waals surface area (Å²) < 4.78 is 0. The molecular formula is C16H32N2O. The van der Waals surface area contributed by atoms with E-state index in [-0.39, 0.29) is 0 Å². The number of nitrogens with zero attached hydrogens (tertiary/aromatic N) is 1. The topological polar surface area (TPSA) is 32.3 Å². The molecule has 0 aromatic carbocycles. The second-order valence-electron chi connectivity index (χ2n) is 6.18. The average molecular weight is 268 g/mol. The van der Waals surface area contributed by atoms with Gasteiger partial charge < -0.3 is 10.2 Å². The Morgan fingerprint density at radius 2 is 1.89 bits per heavy atom. The highest BCUT2D eigenvalue weighted by Crippen LogP contribution is 2.23. The van der Waals surface area contributed by atoms with E-state index < -0.39 is 0 Å². The normalized spacial score (nSPS) is 25.1. The average Bonchev–Trinajstić information content (AvgIpc) is 2.44. The molecule has 1 saturated carbocycles. The third-order valence-corrected chi connectivity index (χ3v) is 4.54. The second kappa shape index (κ2) is 8.57. The van der Waals surface area contributed by atoms with E-state index in [4.69, 9.17) is 0 Å². The van der Waals surface area contributed by atoms with Crippen LogP contribution in [0.4, 0.5) is 0 Å². The molecule has 3 nitrogen and oxygen atoms in total. The van der Waals surface area contributed by atoms with Crippen molar-refractivity contribution in [2.45, 2.75) is 77.8 Å². The molecule has 0 bridgehead atoms. The number of amides is 1. The fourth-order valence-corrected chi connectivity index (χ4v) is 2.81. The van der Waals surface area contributed by atoms with Gasteiger partial charge in [0.1, 0.15) is 0 Å². The van der Waals surface area contributed by atoms with Gasteiger partial charge in [-0.25, -0.2) is 0 Å². The molecule has 1 aliphatic rings. The highest BCUT2D eigenvalue weighted by Gasteiger charge is 2.26. The van der Waals surface area contributed by atoms with Crippen molar-refractivity contribution in [1.82, 2.24) is 10.2 Å². The highest BCUT2D eigenvalue weighted by molar-refractivity contribution is 5.76. The fraction of sp³-hybridized carbons (Fsp3) is 0.938. The Morgan fingerprint density at radius 1 is 1.26 bits per heavy atom. The van der Waals surface area contributed by atoms with Crippen LogP contribution in [0.1, 0.15) is 65.7 Å². The zero-order chi connectivity index (χ0) is 14.3. The van der Waals surface area contributed by atoms with Crippen molar-refractivity contribution in [2.75, 3.05) is 13.6 Å². The van der Waals surface area contributed by atoms with E-state index in [2.05, 4.69) is 26.1 Å². The monoisotopic (exact) mass is 268 g/mol. The van der Waals surface area contributed by atoms with Gasteiger partial charge >= 0.3 is 0 Å². The first-order valence-corrected chi connectivity index (χ1v) is 8.07. The molecule has 0 spiro atoms. The van der Waals surface area contributed by atoms with Gasteiger partial charge in [0.05, 0.1) is 0 Å². The van der Waals surface area contributed by atoms with Gasteiger partial charge in [0.2, 0.25) is 5.91 Å². The van der Waals surface area contributed by atoms with Crippen molar-refractivity contribution >= 4 is 5.91 Å². The summed E-state index contributed by atoms with van der Waals surface area (Å²) >= 11 is 0. The largest absolute Gasteiger partial charge is 0.343 e. The lowest BCUT2D eigenvalue weighted by Gasteiger charge is -2.35. The van der Waals surface area contributed by atoms with Gasteiger partial charge in [0, 0.05) is 25.6 Å². The Morgan fingerprint density at radius 3 is 2.42 bits per heavy atom. The Balaban J connectivity index is 2.31. The minimum Gasteiger partial charge on any atom is -0.343 e. The van der Waals surface area contributed by atoms with Crippen molar-refractivity contribution in [2.24, 2.45) is 5.92 Å². The molecule has 1 N–H and O–H groups in total. The van der Waals surface area contributed by atoms with Crippen LogP contribution in [0.25, 0.3) is 0 Å². The van der Waals surface area contributed by atoms with Crippen LogP contribution in [0.5, 0.6) is 0 Å². The first-order valence-electron chi connectivity index (χ1n) is 8.07. The zero-order valence-corrected chi connectivity index (χ0v) is 13.2. The maximum absolute atomic E-state index is 12.2. The molecule has 0 saturated heterocycles. The van der Waals surface area contributed by atoms with Crippen molar-refractivity contribution in [1.29, 1.82) is 0 Å². The molecule has 0 aromatic rings. The number of carbonyl (C=O) groups excluding carboxylic acids is 1. The lowest BCUT2D eigenvalue weighted by atomic mass is 9.90. The molecular weight excluding hydrogens is 236 g/mol. The van der Waals surface area contributed by atoms with E-state index in [1.54, 1.807) is 0 Å². The van der Waals surface area contributed by atoms with Crippen LogP contribution >= 0.6 is 0 Å². The molecule has 1 fully saturated rings. The first-order chi connectivity index (χ1) is 9.08. The predicted molar refractivity (Wildman–Crippen MR) is 81.2 cm³/mol. The van der Waals surface area contributed by atoms with Gasteiger partial charge in [-0.15, -0.1) is 0 Å². The molecule has 0 heterocycles. The van der Waals surface area contributed by atoms with E-state index >= 15 is 0 Å². The Hall–Kier alpha value is -0.570. The SMILES string of the molecule is CCCNC1CCC(N(C)C(=O)CC(C)CC)CC1. The molecule has 1 unspecified atom stereocenters. The summed E-state index contributed by atoms with van der Waals surface area (Å²) in [6, 6.07) is 1.14. The molecule has 1 atom stereocenters. The third-order valence-electron chi connectivity index (χ3n) is 4.54. The first kappa shape index (κ1) is 16.5. The summed E-state index contributed by atoms with van der Waals surface area (Å²) in [7, 11) is 2.00. The minimum atomic E-state index is 0.333. The summed E-state index contributed by atoms with van der Waals surface area (Å²) in [5, 5.41) is 3.60. The Kier molecular flexibility index (Phi) is 7.44. The van der Waals surface area contributed by atoms with Crippen LogP contribution < -0.4 is 5.32 Å². The Bertz CT molecular complexity index is 259. The highest BCUT2D eigenvalue weighted by atomic mass is 16.2. The fourth-order valence-electron chi connectivity index (χ4n) is 2.81. The maximum Gasteiger partial charge on any atom is 0.222 e. The molecule has 19 heavy (non-hydrogen) atoms. The van der Waals surface area contributed by atoms with Gasteiger partial charge in [-0.1, -0.05) is 27.2 Å². The zero-order valence-electron chi connectivity index (χ0n) is 13.2. The van der Waals surface area contributed by atoms with Gasteiger partial charge in [0.25, 0.3) is 0 Å². The van der Waals surface area contributed by atoms with E-state index in [0.29, 0.717) is 30.3 Å².